The molecule has 8 nitrogen and oxygen atoms in total. The number of benzene rings is 3. The van der Waals surface area contributed by atoms with Crippen LogP contribution >= 0.6 is 0 Å². The van der Waals surface area contributed by atoms with E-state index in [2.05, 4.69) is 0 Å². The number of nitrogens with zero attached hydrogens (tertiary/aromatic N) is 3. The van der Waals surface area contributed by atoms with E-state index in [1.807, 2.05) is 66.7 Å². The number of rotatable bonds is 11. The summed E-state index contributed by atoms with van der Waals surface area (Å²) < 4.78 is 0. The van der Waals surface area contributed by atoms with E-state index in [1.165, 1.54) is 0 Å². The van der Waals surface area contributed by atoms with E-state index in [9.17, 15) is 24.6 Å². The van der Waals surface area contributed by atoms with Crippen LogP contribution in [0, 0.1) is 5.92 Å². The lowest BCUT2D eigenvalue weighted by atomic mass is 9.83. The number of hydrogen-bond acceptors (Lipinski definition) is 5. The predicted octanol–water partition coefficient (Wildman–Crippen LogP) is 4.15. The first-order chi connectivity index (χ1) is 20.3. The van der Waals surface area contributed by atoms with Crippen LogP contribution in [0.5, 0.6) is 0 Å². The Morgan fingerprint density at radius 1 is 1.02 bits per heavy atom. The zero-order chi connectivity index (χ0) is 29.7. The first kappa shape index (κ1) is 29.2. The van der Waals surface area contributed by atoms with E-state index in [4.69, 9.17) is 0 Å². The summed E-state index contributed by atoms with van der Waals surface area (Å²) in [6.07, 6.45) is 4.86. The highest BCUT2D eigenvalue weighted by Crippen LogP contribution is 2.45. The van der Waals surface area contributed by atoms with Gasteiger partial charge < -0.3 is 24.9 Å². The summed E-state index contributed by atoms with van der Waals surface area (Å²) in [5.74, 6) is -1.10. The van der Waals surface area contributed by atoms with E-state index < -0.39 is 17.4 Å². The highest BCUT2D eigenvalue weighted by Gasteiger charge is 2.52. The van der Waals surface area contributed by atoms with Crippen molar-refractivity contribution in [3.63, 3.8) is 0 Å². The molecule has 3 amide bonds. The summed E-state index contributed by atoms with van der Waals surface area (Å²) in [7, 11) is 0. The summed E-state index contributed by atoms with van der Waals surface area (Å²) in [4.78, 5) is 44.1. The Hall–Kier alpha value is -4.27. The highest BCUT2D eigenvalue weighted by molar-refractivity contribution is 6.07. The third-order valence-electron chi connectivity index (χ3n) is 8.13. The van der Waals surface area contributed by atoms with Gasteiger partial charge in [0.2, 0.25) is 11.8 Å². The Bertz CT molecular complexity index is 1470. The summed E-state index contributed by atoms with van der Waals surface area (Å²) in [5.41, 5.74) is 2.01. The molecule has 0 bridgehead atoms. The van der Waals surface area contributed by atoms with Gasteiger partial charge in [-0.05, 0) is 35.7 Å². The minimum Gasteiger partial charge on any atom is -0.395 e. The van der Waals surface area contributed by atoms with Gasteiger partial charge >= 0.3 is 0 Å². The second kappa shape index (κ2) is 12.7. The molecule has 8 heteroatoms. The molecule has 0 saturated carbocycles. The first-order valence-electron chi connectivity index (χ1n) is 14.4. The van der Waals surface area contributed by atoms with Gasteiger partial charge in [0.05, 0.1) is 18.8 Å². The van der Waals surface area contributed by atoms with Gasteiger partial charge in [-0.1, -0.05) is 79.7 Å². The molecule has 2 atom stereocenters. The lowest BCUT2D eigenvalue weighted by Crippen LogP contribution is -2.44. The molecule has 42 heavy (non-hydrogen) atoms. The van der Waals surface area contributed by atoms with Crippen molar-refractivity contribution in [3.8, 4) is 0 Å². The Morgan fingerprint density at radius 3 is 2.50 bits per heavy atom. The fourth-order valence-electron chi connectivity index (χ4n) is 5.84. The fraction of sp³-hybridized carbons (Fsp3) is 0.324. The maximum atomic E-state index is 13.9. The molecule has 5 rings (SSSR count). The molecule has 0 spiro atoms. The Morgan fingerprint density at radius 2 is 1.76 bits per heavy atom. The fourth-order valence-corrected chi connectivity index (χ4v) is 5.84. The van der Waals surface area contributed by atoms with Crippen LogP contribution < -0.4 is 9.80 Å². The van der Waals surface area contributed by atoms with Crippen LogP contribution in [0.1, 0.15) is 42.9 Å². The van der Waals surface area contributed by atoms with Crippen molar-refractivity contribution >= 4 is 29.1 Å². The van der Waals surface area contributed by atoms with Crippen LogP contribution in [-0.4, -0.2) is 52.5 Å². The summed E-state index contributed by atoms with van der Waals surface area (Å²) >= 11 is 0. The number of carbonyl (C=O) groups is 3. The summed E-state index contributed by atoms with van der Waals surface area (Å²) in [6, 6.07) is 24.5. The molecule has 2 aliphatic rings. The second-order valence-corrected chi connectivity index (χ2v) is 10.9. The molecule has 1 saturated heterocycles. The molecule has 2 aliphatic heterocycles. The molecule has 0 aromatic heterocycles. The molecule has 3 aromatic carbocycles. The van der Waals surface area contributed by atoms with Crippen molar-refractivity contribution in [1.82, 2.24) is 4.90 Å². The van der Waals surface area contributed by atoms with Gasteiger partial charge in [0.15, 0.2) is 5.60 Å². The van der Waals surface area contributed by atoms with Crippen molar-refractivity contribution in [2.45, 2.75) is 44.9 Å². The first-order valence-corrected chi connectivity index (χ1v) is 14.4. The lowest BCUT2D eigenvalue weighted by molar-refractivity contribution is -0.139. The van der Waals surface area contributed by atoms with Crippen LogP contribution in [0.4, 0.5) is 11.4 Å². The van der Waals surface area contributed by atoms with Crippen molar-refractivity contribution in [1.29, 1.82) is 0 Å². The molecule has 2 N–H and O–H groups in total. The topological polar surface area (TPSA) is 101 Å². The third-order valence-corrected chi connectivity index (χ3v) is 8.13. The van der Waals surface area contributed by atoms with E-state index >= 15 is 0 Å². The molecule has 0 radical (unpaired) electrons. The molecule has 0 unspecified atom stereocenters. The van der Waals surface area contributed by atoms with Gasteiger partial charge in [0.1, 0.15) is 0 Å². The molecular formula is C34H37N3O5. The zero-order valence-corrected chi connectivity index (χ0v) is 23.9. The van der Waals surface area contributed by atoms with Gasteiger partial charge in [-0.3, -0.25) is 14.4 Å². The summed E-state index contributed by atoms with van der Waals surface area (Å²) in [5, 5.41) is 21.4. The average molecular weight is 568 g/mol. The van der Waals surface area contributed by atoms with E-state index in [1.54, 1.807) is 45.9 Å². The molecule has 0 aliphatic carbocycles. The van der Waals surface area contributed by atoms with Gasteiger partial charge in [-0.25, -0.2) is 0 Å². The quantitative estimate of drug-likeness (QED) is 0.339. The molecule has 218 valence electrons. The van der Waals surface area contributed by atoms with Gasteiger partial charge in [0, 0.05) is 49.6 Å². The zero-order valence-electron chi connectivity index (χ0n) is 23.9. The minimum atomic E-state index is -1.80. The number of aliphatic hydroxyl groups is 2. The predicted molar refractivity (Wildman–Crippen MR) is 161 cm³/mol. The Labute approximate surface area is 246 Å². The highest BCUT2D eigenvalue weighted by atomic mass is 16.3. The van der Waals surface area contributed by atoms with Gasteiger partial charge in [0.25, 0.3) is 5.91 Å². The molecule has 3 aromatic rings. The van der Waals surface area contributed by atoms with Gasteiger partial charge in [-0.15, -0.1) is 0 Å². The molecule has 1 fully saturated rings. The minimum absolute atomic E-state index is 0.0782. The number of hydrogen-bond donors (Lipinski definition) is 2. The molecule has 2 heterocycles. The van der Waals surface area contributed by atoms with Crippen LogP contribution in [-0.2, 0) is 33.1 Å². The van der Waals surface area contributed by atoms with Crippen LogP contribution in [0.25, 0.3) is 0 Å². The van der Waals surface area contributed by atoms with Crippen molar-refractivity contribution in [2.24, 2.45) is 5.92 Å². The average Bonchev–Trinajstić information content (AvgIpc) is 3.53. The number of para-hydroxylation sites is 1. The largest absolute Gasteiger partial charge is 0.395 e. The number of anilines is 2. The monoisotopic (exact) mass is 567 g/mol. The van der Waals surface area contributed by atoms with Crippen molar-refractivity contribution < 1.29 is 24.6 Å². The Kier molecular flexibility index (Phi) is 8.85. The summed E-state index contributed by atoms with van der Waals surface area (Å²) in [6.45, 7) is 3.17. The third kappa shape index (κ3) is 5.86. The maximum Gasteiger partial charge on any atom is 0.264 e. The maximum absolute atomic E-state index is 13.9. The number of amides is 3. The number of fused-ring (bicyclic) bond motifs is 1. The van der Waals surface area contributed by atoms with Crippen LogP contribution in [0.3, 0.4) is 0 Å². The van der Waals surface area contributed by atoms with Crippen molar-refractivity contribution in [2.75, 3.05) is 29.5 Å². The van der Waals surface area contributed by atoms with Crippen LogP contribution in [0.2, 0.25) is 0 Å². The smallest absolute Gasteiger partial charge is 0.264 e. The van der Waals surface area contributed by atoms with E-state index in [-0.39, 0.29) is 37.9 Å². The van der Waals surface area contributed by atoms with Crippen molar-refractivity contribution in [3.05, 3.63) is 108 Å². The van der Waals surface area contributed by atoms with E-state index in [0.717, 1.165) is 23.2 Å². The second-order valence-electron chi connectivity index (χ2n) is 10.9. The van der Waals surface area contributed by atoms with Gasteiger partial charge in [-0.2, -0.15) is 0 Å². The number of carbonyl (C=O) groups excluding carboxylic acids is 3. The molecular weight excluding hydrogens is 530 g/mol. The SMILES string of the molecule is C[C@@H](/C=C/CC(=O)N(CCO)Cc1ccccc1)[C@]1(O)C(=O)N(Cc2cccc(N3CCCC3=O)c2)c2ccccc21. The normalized spacial score (nSPS) is 19.0. The number of aliphatic hydroxyl groups excluding tert-OH is 1. The van der Waals surface area contributed by atoms with Crippen LogP contribution in [0.15, 0.2) is 91.0 Å². The Balaban J connectivity index is 1.31. The van der Waals surface area contributed by atoms with E-state index in [0.29, 0.717) is 30.8 Å². The standard InChI is InChI=1S/C34H37N3O5/c1-25(10-7-17-31(39)35(20-21-38)23-26-11-3-2-4-12-26)34(42)29-15-5-6-16-30(29)37(33(34)41)24-27-13-8-14-28(22-27)36-19-9-18-32(36)40/h2-8,10-16,22,25,38,42H,9,17-21,23-24H2,1H3/b10-7+/t25-,34+/m0/s1. The lowest BCUT2D eigenvalue weighted by Gasteiger charge is -2.28.